The molecule has 2 aliphatic heterocycles. The number of amides is 1. The molecule has 2 aliphatic rings. The van der Waals surface area contributed by atoms with E-state index in [1.807, 2.05) is 42.2 Å². The number of sulfonamides is 1. The lowest BCUT2D eigenvalue weighted by Gasteiger charge is -2.35. The second-order valence-corrected chi connectivity index (χ2v) is 10.6. The Kier molecular flexibility index (Phi) is 6.81. The van der Waals surface area contributed by atoms with Crippen molar-refractivity contribution in [1.82, 2.24) is 14.4 Å². The number of piperidine rings is 2. The molecule has 0 aliphatic carbocycles. The summed E-state index contributed by atoms with van der Waals surface area (Å²) < 4.78 is 33.7. The molecular weight excluding hydrogens is 426 g/mol. The number of rotatable bonds is 5. The number of aryl methyl sites for hydroxylation is 2. The van der Waals surface area contributed by atoms with Crippen LogP contribution in [0.25, 0.3) is 12.2 Å². The molecule has 2 aromatic rings. The summed E-state index contributed by atoms with van der Waals surface area (Å²) in [5.41, 5.74) is 2.45. The first kappa shape index (κ1) is 22.7. The summed E-state index contributed by atoms with van der Waals surface area (Å²) >= 11 is 0. The minimum Gasteiger partial charge on any atom is -0.355 e. The van der Waals surface area contributed by atoms with Gasteiger partial charge in [0.2, 0.25) is 15.9 Å². The van der Waals surface area contributed by atoms with Crippen molar-refractivity contribution < 1.29 is 17.7 Å². The van der Waals surface area contributed by atoms with Gasteiger partial charge in [0.1, 0.15) is 5.69 Å². The van der Waals surface area contributed by atoms with Crippen LogP contribution in [0.4, 0.5) is 0 Å². The number of nitrogens with zero attached hydrogens (tertiary/aromatic N) is 3. The summed E-state index contributed by atoms with van der Waals surface area (Å²) in [6.45, 7) is 5.98. The zero-order valence-electron chi connectivity index (χ0n) is 18.8. The number of carbonyl (C=O) groups excluding carboxylic acids is 1. The van der Waals surface area contributed by atoms with E-state index in [4.69, 9.17) is 4.52 Å². The van der Waals surface area contributed by atoms with Gasteiger partial charge in [-0.2, -0.15) is 4.31 Å². The topological polar surface area (TPSA) is 83.7 Å². The van der Waals surface area contributed by atoms with Crippen LogP contribution >= 0.6 is 0 Å². The van der Waals surface area contributed by atoms with Gasteiger partial charge in [0.15, 0.2) is 10.7 Å². The van der Waals surface area contributed by atoms with Crippen molar-refractivity contribution >= 4 is 28.1 Å². The summed E-state index contributed by atoms with van der Waals surface area (Å²) in [5.74, 6) is 0.322. The Bertz CT molecular complexity index is 1070. The number of carbonyl (C=O) groups is 1. The summed E-state index contributed by atoms with van der Waals surface area (Å²) in [4.78, 5) is 14.9. The number of benzene rings is 1. The van der Waals surface area contributed by atoms with Crippen LogP contribution in [0.3, 0.4) is 0 Å². The number of hydrogen-bond acceptors (Lipinski definition) is 5. The Morgan fingerprint density at radius 1 is 1.00 bits per heavy atom. The average molecular weight is 458 g/mol. The second-order valence-electron chi connectivity index (χ2n) is 8.77. The van der Waals surface area contributed by atoms with E-state index in [0.717, 1.165) is 37.1 Å². The fourth-order valence-electron chi connectivity index (χ4n) is 4.49. The molecule has 32 heavy (non-hydrogen) atoms. The normalized spacial score (nSPS) is 19.0. The zero-order chi connectivity index (χ0) is 22.7. The van der Waals surface area contributed by atoms with Crippen molar-refractivity contribution in [2.45, 2.75) is 50.8 Å². The molecule has 4 rings (SSSR count). The Labute approximate surface area is 190 Å². The highest BCUT2D eigenvalue weighted by Crippen LogP contribution is 2.30. The third-order valence-electron chi connectivity index (χ3n) is 6.41. The molecule has 0 atom stereocenters. The molecule has 0 bridgehead atoms. The molecule has 2 fully saturated rings. The lowest BCUT2D eigenvalue weighted by atomic mass is 9.95. The summed E-state index contributed by atoms with van der Waals surface area (Å²) in [5, 5.41) is 3.92. The standard InChI is InChI=1S/C24H31N3O4S/c1-18-6-8-20(9-7-18)10-11-22-23(19(2)25-31-22)32(29,30)27-16-12-21(13-17-27)24(28)26-14-4-3-5-15-26/h6-11,21H,3-5,12-17H2,1-2H3. The molecule has 1 amide bonds. The van der Waals surface area contributed by atoms with Crippen LogP contribution in [0.5, 0.6) is 0 Å². The van der Waals surface area contributed by atoms with Crippen molar-refractivity contribution in [2.75, 3.05) is 26.2 Å². The molecule has 0 spiro atoms. The molecule has 0 saturated carbocycles. The van der Waals surface area contributed by atoms with E-state index in [2.05, 4.69) is 5.16 Å². The van der Waals surface area contributed by atoms with Gasteiger partial charge in [0.25, 0.3) is 0 Å². The molecule has 7 nitrogen and oxygen atoms in total. The van der Waals surface area contributed by atoms with Gasteiger partial charge >= 0.3 is 0 Å². The lowest BCUT2D eigenvalue weighted by Crippen LogP contribution is -2.45. The second kappa shape index (κ2) is 9.58. The van der Waals surface area contributed by atoms with E-state index in [1.54, 1.807) is 13.0 Å². The highest BCUT2D eigenvalue weighted by Gasteiger charge is 2.37. The first-order chi connectivity index (χ1) is 15.4. The van der Waals surface area contributed by atoms with Gasteiger partial charge in [-0.3, -0.25) is 4.79 Å². The maximum atomic E-state index is 13.4. The summed E-state index contributed by atoms with van der Waals surface area (Å²) in [7, 11) is -3.76. The molecule has 8 heteroatoms. The van der Waals surface area contributed by atoms with Crippen LogP contribution in [-0.4, -0.2) is 54.9 Å². The van der Waals surface area contributed by atoms with Gasteiger partial charge in [-0.1, -0.05) is 41.1 Å². The van der Waals surface area contributed by atoms with E-state index in [-0.39, 0.29) is 22.5 Å². The van der Waals surface area contributed by atoms with E-state index < -0.39 is 10.0 Å². The predicted octanol–water partition coefficient (Wildman–Crippen LogP) is 3.88. The van der Waals surface area contributed by atoms with Gasteiger partial charge < -0.3 is 9.42 Å². The van der Waals surface area contributed by atoms with Gasteiger partial charge in [-0.05, 0) is 57.6 Å². The third kappa shape index (κ3) is 4.81. The van der Waals surface area contributed by atoms with Crippen LogP contribution in [0.1, 0.15) is 54.7 Å². The molecule has 1 aromatic heterocycles. The largest absolute Gasteiger partial charge is 0.355 e. The third-order valence-corrected chi connectivity index (χ3v) is 8.46. The van der Waals surface area contributed by atoms with Gasteiger partial charge in [-0.15, -0.1) is 0 Å². The van der Waals surface area contributed by atoms with Crippen LogP contribution in [-0.2, 0) is 14.8 Å². The smallest absolute Gasteiger partial charge is 0.248 e. The van der Waals surface area contributed by atoms with Crippen LogP contribution in [0.2, 0.25) is 0 Å². The van der Waals surface area contributed by atoms with E-state index in [9.17, 15) is 13.2 Å². The Balaban J connectivity index is 1.46. The minimum absolute atomic E-state index is 0.0935. The molecule has 0 unspecified atom stereocenters. The van der Waals surface area contributed by atoms with E-state index >= 15 is 0 Å². The van der Waals surface area contributed by atoms with E-state index in [1.165, 1.54) is 10.7 Å². The Morgan fingerprint density at radius 2 is 1.66 bits per heavy atom. The van der Waals surface area contributed by atoms with Crippen molar-refractivity contribution in [3.63, 3.8) is 0 Å². The molecule has 2 saturated heterocycles. The highest BCUT2D eigenvalue weighted by molar-refractivity contribution is 7.89. The minimum atomic E-state index is -3.76. The maximum Gasteiger partial charge on any atom is 0.248 e. The van der Waals surface area contributed by atoms with E-state index in [0.29, 0.717) is 31.6 Å². The first-order valence-corrected chi connectivity index (χ1v) is 12.8. The number of aromatic nitrogens is 1. The molecule has 172 valence electrons. The Morgan fingerprint density at radius 3 is 2.31 bits per heavy atom. The van der Waals surface area contributed by atoms with Gasteiger partial charge in [-0.25, -0.2) is 8.42 Å². The molecule has 1 aromatic carbocycles. The SMILES string of the molecule is Cc1ccc(C=Cc2onc(C)c2S(=O)(=O)N2CCC(C(=O)N3CCCCC3)CC2)cc1. The molecule has 0 N–H and O–H groups in total. The fraction of sp³-hybridized carbons (Fsp3) is 0.500. The first-order valence-electron chi connectivity index (χ1n) is 11.4. The fourth-order valence-corrected chi connectivity index (χ4v) is 6.21. The number of likely N-dealkylation sites (tertiary alicyclic amines) is 1. The lowest BCUT2D eigenvalue weighted by molar-refractivity contribution is -0.137. The van der Waals surface area contributed by atoms with Crippen LogP contribution in [0.15, 0.2) is 33.7 Å². The van der Waals surface area contributed by atoms with Crippen molar-refractivity contribution in [3.05, 3.63) is 46.8 Å². The van der Waals surface area contributed by atoms with Crippen molar-refractivity contribution in [1.29, 1.82) is 0 Å². The van der Waals surface area contributed by atoms with Crippen LogP contribution in [0, 0.1) is 19.8 Å². The van der Waals surface area contributed by atoms with Crippen molar-refractivity contribution in [3.8, 4) is 0 Å². The quantitative estimate of drug-likeness (QED) is 0.680. The van der Waals surface area contributed by atoms with Gasteiger partial charge in [0, 0.05) is 32.1 Å². The Hall–Kier alpha value is -2.45. The van der Waals surface area contributed by atoms with Crippen LogP contribution < -0.4 is 0 Å². The van der Waals surface area contributed by atoms with Crippen molar-refractivity contribution in [2.24, 2.45) is 5.92 Å². The molecular formula is C24H31N3O4S. The summed E-state index contributed by atoms with van der Waals surface area (Å²) in [6.07, 6.45) is 7.88. The number of hydrogen-bond donors (Lipinski definition) is 0. The maximum absolute atomic E-state index is 13.4. The molecule has 3 heterocycles. The van der Waals surface area contributed by atoms with Gasteiger partial charge in [0.05, 0.1) is 0 Å². The molecule has 0 radical (unpaired) electrons. The highest BCUT2D eigenvalue weighted by atomic mass is 32.2. The average Bonchev–Trinajstić information content (AvgIpc) is 3.20. The zero-order valence-corrected chi connectivity index (χ0v) is 19.6. The predicted molar refractivity (Wildman–Crippen MR) is 123 cm³/mol. The summed E-state index contributed by atoms with van der Waals surface area (Å²) in [6, 6.07) is 7.93. The monoisotopic (exact) mass is 457 g/mol.